The quantitative estimate of drug-likeness (QED) is 0.840. The lowest BCUT2D eigenvalue weighted by atomic mass is 10.0. The van der Waals surface area contributed by atoms with Gasteiger partial charge in [-0.05, 0) is 29.3 Å². The Kier molecular flexibility index (Phi) is 5.26. The van der Waals surface area contributed by atoms with Crippen LogP contribution in [0.2, 0.25) is 5.02 Å². The zero-order valence-corrected chi connectivity index (χ0v) is 13.0. The first-order chi connectivity index (χ1) is 10.8. The summed E-state index contributed by atoms with van der Waals surface area (Å²) in [5, 5.41) is 0.332. The van der Waals surface area contributed by atoms with Crippen molar-refractivity contribution in [3.8, 4) is 0 Å². The van der Waals surface area contributed by atoms with Gasteiger partial charge in [-0.25, -0.2) is 0 Å². The van der Waals surface area contributed by atoms with Crippen molar-refractivity contribution in [2.45, 2.75) is 18.6 Å². The number of benzene rings is 1. The predicted octanol–water partition coefficient (Wildman–Crippen LogP) is 4.04. The Morgan fingerprint density at radius 1 is 1.26 bits per heavy atom. The van der Waals surface area contributed by atoms with Crippen LogP contribution >= 0.6 is 11.6 Å². The Bertz CT molecular complexity index is 659. The van der Waals surface area contributed by atoms with Gasteiger partial charge in [0.2, 0.25) is 5.91 Å². The van der Waals surface area contributed by atoms with Crippen molar-refractivity contribution in [2.75, 3.05) is 7.05 Å². The number of alkyl halides is 3. The average molecular weight is 343 g/mol. The highest BCUT2D eigenvalue weighted by Gasteiger charge is 2.45. The lowest BCUT2D eigenvalue weighted by Gasteiger charge is -2.30. The first-order valence-electron chi connectivity index (χ1n) is 6.76. The second-order valence-electron chi connectivity index (χ2n) is 5.04. The highest BCUT2D eigenvalue weighted by Crippen LogP contribution is 2.37. The fourth-order valence-corrected chi connectivity index (χ4v) is 2.35. The summed E-state index contributed by atoms with van der Waals surface area (Å²) >= 11 is 5.71. The van der Waals surface area contributed by atoms with E-state index in [0.29, 0.717) is 15.5 Å². The van der Waals surface area contributed by atoms with Crippen molar-refractivity contribution in [2.24, 2.45) is 0 Å². The van der Waals surface area contributed by atoms with Crippen molar-refractivity contribution in [1.29, 1.82) is 0 Å². The highest BCUT2D eigenvalue weighted by atomic mass is 35.5. The zero-order valence-electron chi connectivity index (χ0n) is 12.2. The number of likely N-dealkylation sites (N-methyl/N-ethyl adjacent to an activating group) is 1. The van der Waals surface area contributed by atoms with Crippen molar-refractivity contribution in [3.05, 3.63) is 64.9 Å². The van der Waals surface area contributed by atoms with Gasteiger partial charge < -0.3 is 4.90 Å². The Morgan fingerprint density at radius 3 is 2.43 bits per heavy atom. The molecule has 1 heterocycles. The lowest BCUT2D eigenvalue weighted by molar-refractivity contribution is -0.188. The monoisotopic (exact) mass is 342 g/mol. The van der Waals surface area contributed by atoms with Gasteiger partial charge in [-0.3, -0.25) is 9.78 Å². The minimum atomic E-state index is -4.59. The fourth-order valence-electron chi connectivity index (χ4n) is 2.22. The van der Waals surface area contributed by atoms with Crippen LogP contribution < -0.4 is 0 Å². The number of pyridine rings is 1. The van der Waals surface area contributed by atoms with Gasteiger partial charge in [0.25, 0.3) is 0 Å². The Labute approximate surface area is 136 Å². The summed E-state index contributed by atoms with van der Waals surface area (Å²) in [5.74, 6) is -0.643. The smallest absolute Gasteiger partial charge is 0.330 e. The molecule has 0 aliphatic heterocycles. The molecule has 23 heavy (non-hydrogen) atoms. The van der Waals surface area contributed by atoms with E-state index < -0.39 is 18.1 Å². The normalized spacial score (nSPS) is 12.7. The number of nitrogens with zero attached hydrogens (tertiary/aromatic N) is 2. The molecule has 1 amide bonds. The molecule has 0 bridgehead atoms. The van der Waals surface area contributed by atoms with E-state index in [2.05, 4.69) is 4.98 Å². The first-order valence-corrected chi connectivity index (χ1v) is 7.13. The van der Waals surface area contributed by atoms with Gasteiger partial charge in [-0.1, -0.05) is 29.8 Å². The number of carbonyl (C=O) groups excluding carboxylic acids is 1. The van der Waals surface area contributed by atoms with Crippen LogP contribution in [0.1, 0.15) is 17.2 Å². The van der Waals surface area contributed by atoms with E-state index in [9.17, 15) is 18.0 Å². The van der Waals surface area contributed by atoms with Gasteiger partial charge in [0, 0.05) is 24.5 Å². The van der Waals surface area contributed by atoms with Gasteiger partial charge >= 0.3 is 6.18 Å². The van der Waals surface area contributed by atoms with Gasteiger partial charge in [0.15, 0.2) is 6.04 Å². The summed E-state index contributed by atoms with van der Waals surface area (Å²) in [6.45, 7) is 0. The van der Waals surface area contributed by atoms with Crippen LogP contribution in [0.25, 0.3) is 0 Å². The number of carbonyl (C=O) groups is 1. The molecule has 0 spiro atoms. The third kappa shape index (κ3) is 4.45. The number of amides is 1. The van der Waals surface area contributed by atoms with Crippen LogP contribution in [0.4, 0.5) is 13.2 Å². The largest absolute Gasteiger partial charge is 0.413 e. The molecule has 1 atom stereocenters. The molecule has 1 unspecified atom stereocenters. The summed E-state index contributed by atoms with van der Waals surface area (Å²) in [7, 11) is 1.14. The zero-order chi connectivity index (χ0) is 17.0. The molecule has 2 aromatic rings. The van der Waals surface area contributed by atoms with Crippen LogP contribution in [0, 0.1) is 0 Å². The van der Waals surface area contributed by atoms with E-state index in [1.165, 1.54) is 36.7 Å². The lowest BCUT2D eigenvalue weighted by Crippen LogP contribution is -2.40. The SMILES string of the molecule is CN(C(=O)Cc1cccnc1)C(c1ccc(Cl)cc1)C(F)(F)F. The van der Waals surface area contributed by atoms with Gasteiger partial charge in [-0.15, -0.1) is 0 Å². The summed E-state index contributed by atoms with van der Waals surface area (Å²) in [4.78, 5) is 16.8. The van der Waals surface area contributed by atoms with Crippen LogP contribution in [0.3, 0.4) is 0 Å². The average Bonchev–Trinajstić information content (AvgIpc) is 2.49. The molecule has 7 heteroatoms. The summed E-state index contributed by atoms with van der Waals surface area (Å²) in [5.41, 5.74) is 0.519. The second kappa shape index (κ2) is 7.00. The van der Waals surface area contributed by atoms with Gasteiger partial charge in [0.05, 0.1) is 6.42 Å². The Morgan fingerprint density at radius 2 is 1.91 bits per heavy atom. The van der Waals surface area contributed by atoms with E-state index >= 15 is 0 Å². The molecule has 2 rings (SSSR count). The molecular weight excluding hydrogens is 329 g/mol. The van der Waals surface area contributed by atoms with Crippen LogP contribution in [0.15, 0.2) is 48.8 Å². The van der Waals surface area contributed by atoms with E-state index in [1.54, 1.807) is 12.1 Å². The number of hydrogen-bond acceptors (Lipinski definition) is 2. The molecule has 0 saturated heterocycles. The van der Waals surface area contributed by atoms with E-state index in [0.717, 1.165) is 7.05 Å². The van der Waals surface area contributed by atoms with E-state index in [1.807, 2.05) is 0 Å². The van der Waals surface area contributed by atoms with Crippen molar-refractivity contribution in [1.82, 2.24) is 9.88 Å². The van der Waals surface area contributed by atoms with Crippen molar-refractivity contribution in [3.63, 3.8) is 0 Å². The minimum Gasteiger partial charge on any atom is -0.330 e. The number of aromatic nitrogens is 1. The third-order valence-electron chi connectivity index (χ3n) is 3.35. The van der Waals surface area contributed by atoms with Crippen molar-refractivity contribution >= 4 is 17.5 Å². The molecule has 122 valence electrons. The molecule has 0 N–H and O–H groups in total. The fraction of sp³-hybridized carbons (Fsp3) is 0.250. The van der Waals surface area contributed by atoms with E-state index in [-0.39, 0.29) is 12.0 Å². The van der Waals surface area contributed by atoms with Gasteiger partial charge in [0.1, 0.15) is 0 Å². The van der Waals surface area contributed by atoms with Crippen LogP contribution in [-0.2, 0) is 11.2 Å². The molecule has 1 aromatic heterocycles. The molecule has 3 nitrogen and oxygen atoms in total. The molecule has 0 radical (unpaired) electrons. The summed E-state index contributed by atoms with van der Waals surface area (Å²) in [6, 6.07) is 6.53. The number of halogens is 4. The summed E-state index contributed by atoms with van der Waals surface area (Å²) in [6.07, 6.45) is -1.75. The van der Waals surface area contributed by atoms with Crippen LogP contribution in [0.5, 0.6) is 0 Å². The van der Waals surface area contributed by atoms with E-state index in [4.69, 9.17) is 11.6 Å². The maximum atomic E-state index is 13.4. The number of hydrogen-bond donors (Lipinski definition) is 0. The Hall–Kier alpha value is -2.08. The molecule has 0 fully saturated rings. The number of rotatable bonds is 4. The molecule has 1 aromatic carbocycles. The maximum Gasteiger partial charge on any atom is 0.413 e. The Balaban J connectivity index is 2.25. The standard InChI is InChI=1S/C16H14ClF3N2O/c1-22(14(23)9-11-3-2-8-21-10-11)15(16(18,19)20)12-4-6-13(17)7-5-12/h2-8,10,15H,9H2,1H3. The molecule has 0 saturated carbocycles. The molecule has 0 aliphatic rings. The third-order valence-corrected chi connectivity index (χ3v) is 3.61. The minimum absolute atomic E-state index is 0.0380. The molecule has 0 aliphatic carbocycles. The molecular formula is C16H14ClF3N2O. The topological polar surface area (TPSA) is 33.2 Å². The summed E-state index contributed by atoms with van der Waals surface area (Å²) < 4.78 is 40.2. The maximum absolute atomic E-state index is 13.4. The van der Waals surface area contributed by atoms with Crippen molar-refractivity contribution < 1.29 is 18.0 Å². The van der Waals surface area contributed by atoms with Crippen LogP contribution in [-0.4, -0.2) is 29.0 Å². The predicted molar refractivity (Wildman–Crippen MR) is 81.0 cm³/mol. The first kappa shape index (κ1) is 17.3. The highest BCUT2D eigenvalue weighted by molar-refractivity contribution is 6.30. The van der Waals surface area contributed by atoms with Gasteiger partial charge in [-0.2, -0.15) is 13.2 Å². The second-order valence-corrected chi connectivity index (χ2v) is 5.47.